The minimum absolute atomic E-state index is 0.00267. The number of nitrogens with zero attached hydrogens (tertiary/aromatic N) is 4. The summed E-state index contributed by atoms with van der Waals surface area (Å²) >= 11 is 0. The van der Waals surface area contributed by atoms with E-state index in [1.54, 1.807) is 55.1 Å². The van der Waals surface area contributed by atoms with Crippen molar-refractivity contribution in [3.8, 4) is 23.0 Å². The number of para-hydroxylation sites is 1. The second-order valence-electron chi connectivity index (χ2n) is 8.27. The third kappa shape index (κ3) is 5.31. The number of nitriles is 1. The van der Waals surface area contributed by atoms with Crippen LogP contribution in [0.3, 0.4) is 0 Å². The summed E-state index contributed by atoms with van der Waals surface area (Å²) in [6.45, 7) is 4.18. The molecule has 0 unspecified atom stereocenters. The molecule has 1 aromatic heterocycles. The van der Waals surface area contributed by atoms with Crippen LogP contribution in [0, 0.1) is 11.3 Å². The van der Waals surface area contributed by atoms with Gasteiger partial charge in [0.1, 0.15) is 16.7 Å². The molecule has 194 valence electrons. The van der Waals surface area contributed by atoms with E-state index >= 15 is 0 Å². The van der Waals surface area contributed by atoms with Crippen LogP contribution in [-0.4, -0.2) is 44.0 Å². The lowest BCUT2D eigenvalue weighted by molar-refractivity contribution is 0.445. The highest BCUT2D eigenvalue weighted by Gasteiger charge is 2.24. The van der Waals surface area contributed by atoms with E-state index in [-0.39, 0.29) is 9.79 Å². The lowest BCUT2D eigenvalue weighted by Crippen LogP contribution is -2.30. The largest absolute Gasteiger partial charge is 0.243 e. The third-order valence-corrected chi connectivity index (χ3v) is 9.68. The van der Waals surface area contributed by atoms with Crippen LogP contribution < -0.4 is 0 Å². The average Bonchev–Trinajstić information content (AvgIpc) is 3.37. The van der Waals surface area contributed by atoms with Crippen molar-refractivity contribution in [1.82, 2.24) is 14.1 Å². The Balaban J connectivity index is 1.91. The number of aromatic nitrogens is 2. The maximum atomic E-state index is 13.2. The lowest BCUT2D eigenvalue weighted by Gasteiger charge is -2.18. The molecule has 38 heavy (non-hydrogen) atoms. The number of benzene rings is 3. The van der Waals surface area contributed by atoms with Crippen molar-refractivity contribution in [2.45, 2.75) is 23.6 Å². The minimum atomic E-state index is -4.09. The van der Waals surface area contributed by atoms with Gasteiger partial charge in [-0.25, -0.2) is 21.5 Å². The Morgan fingerprint density at radius 2 is 1.50 bits per heavy atom. The van der Waals surface area contributed by atoms with Crippen molar-refractivity contribution in [1.29, 1.82) is 5.26 Å². The molecule has 0 fully saturated rings. The van der Waals surface area contributed by atoms with Gasteiger partial charge in [0.05, 0.1) is 15.5 Å². The number of allylic oxidation sites excluding steroid dienone is 1. The molecule has 0 aliphatic heterocycles. The summed E-state index contributed by atoms with van der Waals surface area (Å²) in [5, 5.41) is 14.5. The summed E-state index contributed by atoms with van der Waals surface area (Å²) in [5.74, 6) is 0. The molecular formula is C28H26N4O4S2. The van der Waals surface area contributed by atoms with Gasteiger partial charge in [-0.2, -0.15) is 14.7 Å². The number of sulfone groups is 1. The van der Waals surface area contributed by atoms with Crippen molar-refractivity contribution in [2.75, 3.05) is 13.1 Å². The lowest BCUT2D eigenvalue weighted by atomic mass is 10.1. The highest BCUT2D eigenvalue weighted by atomic mass is 32.2. The van der Waals surface area contributed by atoms with Gasteiger partial charge in [0, 0.05) is 30.4 Å². The van der Waals surface area contributed by atoms with Crippen LogP contribution in [0.2, 0.25) is 0 Å². The first-order chi connectivity index (χ1) is 18.2. The average molecular weight is 547 g/mol. The molecule has 1 heterocycles. The predicted molar refractivity (Wildman–Crippen MR) is 146 cm³/mol. The zero-order chi connectivity index (χ0) is 27.3. The first-order valence-corrected chi connectivity index (χ1v) is 14.8. The van der Waals surface area contributed by atoms with Gasteiger partial charge in [0.25, 0.3) is 0 Å². The molecule has 10 heteroatoms. The van der Waals surface area contributed by atoms with Crippen LogP contribution in [-0.2, 0) is 19.9 Å². The zero-order valence-electron chi connectivity index (χ0n) is 20.9. The zero-order valence-corrected chi connectivity index (χ0v) is 22.5. The van der Waals surface area contributed by atoms with E-state index in [0.29, 0.717) is 35.6 Å². The van der Waals surface area contributed by atoms with Gasteiger partial charge in [0.15, 0.2) is 0 Å². The van der Waals surface area contributed by atoms with Crippen LogP contribution in [0.5, 0.6) is 0 Å². The van der Waals surface area contributed by atoms with Crippen molar-refractivity contribution >= 4 is 25.9 Å². The third-order valence-electron chi connectivity index (χ3n) is 5.95. The molecule has 0 bridgehead atoms. The van der Waals surface area contributed by atoms with Crippen molar-refractivity contribution < 1.29 is 16.8 Å². The van der Waals surface area contributed by atoms with E-state index in [2.05, 4.69) is 5.10 Å². The van der Waals surface area contributed by atoms with Gasteiger partial charge in [-0.1, -0.05) is 62.4 Å². The Kier molecular flexibility index (Phi) is 7.92. The fourth-order valence-corrected chi connectivity index (χ4v) is 6.66. The minimum Gasteiger partial charge on any atom is -0.240 e. The summed E-state index contributed by atoms with van der Waals surface area (Å²) in [6.07, 6.45) is 2.89. The summed E-state index contributed by atoms with van der Waals surface area (Å²) in [4.78, 5) is -0.359. The molecule has 8 nitrogen and oxygen atoms in total. The maximum Gasteiger partial charge on any atom is 0.243 e. The van der Waals surface area contributed by atoms with Gasteiger partial charge >= 0.3 is 0 Å². The van der Waals surface area contributed by atoms with Crippen LogP contribution >= 0.6 is 0 Å². The molecule has 3 aromatic carbocycles. The summed E-state index contributed by atoms with van der Waals surface area (Å²) in [7, 11) is -7.83. The van der Waals surface area contributed by atoms with E-state index in [0.717, 1.165) is 0 Å². The fourth-order valence-electron chi connectivity index (χ4n) is 3.98. The van der Waals surface area contributed by atoms with Gasteiger partial charge in [-0.3, -0.25) is 0 Å². The first-order valence-electron chi connectivity index (χ1n) is 11.9. The van der Waals surface area contributed by atoms with E-state index in [1.807, 2.05) is 36.4 Å². The molecule has 0 saturated heterocycles. The Morgan fingerprint density at radius 1 is 0.895 bits per heavy atom. The van der Waals surface area contributed by atoms with Gasteiger partial charge in [-0.05, 0) is 42.5 Å². The molecule has 0 aliphatic carbocycles. The summed E-state index contributed by atoms with van der Waals surface area (Å²) in [5.41, 5.74) is 1.86. The van der Waals surface area contributed by atoms with Crippen LogP contribution in [0.25, 0.3) is 23.0 Å². The molecule has 0 amide bonds. The smallest absolute Gasteiger partial charge is 0.240 e. The molecule has 0 radical (unpaired) electrons. The van der Waals surface area contributed by atoms with Gasteiger partial charge in [0.2, 0.25) is 19.9 Å². The quantitative estimate of drug-likeness (QED) is 0.276. The SMILES string of the molecule is CCN(CC)S(=O)(=O)c1cccc(-c2nn(-c3ccccc3)cc2C=C(C#N)S(=O)(=O)c2ccccc2)c1. The highest BCUT2D eigenvalue weighted by molar-refractivity contribution is 7.95. The van der Waals surface area contributed by atoms with Crippen LogP contribution in [0.15, 0.2) is 106 Å². The monoisotopic (exact) mass is 546 g/mol. The van der Waals surface area contributed by atoms with E-state index in [4.69, 9.17) is 0 Å². The van der Waals surface area contributed by atoms with Crippen molar-refractivity contribution in [2.24, 2.45) is 0 Å². The Labute approximate surface area is 223 Å². The molecular weight excluding hydrogens is 520 g/mol. The molecule has 0 atom stereocenters. The predicted octanol–water partition coefficient (Wildman–Crippen LogP) is 4.91. The topological polar surface area (TPSA) is 113 Å². The van der Waals surface area contributed by atoms with Crippen LogP contribution in [0.1, 0.15) is 19.4 Å². The Morgan fingerprint density at radius 3 is 2.11 bits per heavy atom. The highest BCUT2D eigenvalue weighted by Crippen LogP contribution is 2.30. The van der Waals surface area contributed by atoms with E-state index < -0.39 is 24.8 Å². The second kappa shape index (κ2) is 11.1. The number of hydrogen-bond acceptors (Lipinski definition) is 6. The van der Waals surface area contributed by atoms with Crippen molar-refractivity contribution in [3.05, 3.63) is 102 Å². The van der Waals surface area contributed by atoms with E-state index in [1.165, 1.54) is 34.6 Å². The number of hydrogen-bond donors (Lipinski definition) is 0. The van der Waals surface area contributed by atoms with E-state index in [9.17, 15) is 22.1 Å². The molecule has 0 saturated carbocycles. The second-order valence-corrected chi connectivity index (χ2v) is 12.1. The number of sulfonamides is 1. The molecule has 4 aromatic rings. The van der Waals surface area contributed by atoms with Gasteiger partial charge < -0.3 is 0 Å². The van der Waals surface area contributed by atoms with Crippen molar-refractivity contribution in [3.63, 3.8) is 0 Å². The normalized spacial score (nSPS) is 12.4. The summed E-state index contributed by atoms with van der Waals surface area (Å²) < 4.78 is 55.7. The molecule has 0 aliphatic rings. The molecule has 0 N–H and O–H groups in total. The fraction of sp³-hybridized carbons (Fsp3) is 0.143. The Bertz CT molecular complexity index is 1720. The first kappa shape index (κ1) is 27.0. The standard InChI is InChI=1S/C28H26N4O4S2/c1-3-31(4-2)38(35,36)26-17-11-12-22(18-26)28-23(21-32(30-28)24-13-7-5-8-14-24)19-27(20-29)37(33,34)25-15-9-6-10-16-25/h5-19,21H,3-4H2,1-2H3. The van der Waals surface area contributed by atoms with Crippen LogP contribution in [0.4, 0.5) is 0 Å². The molecule has 0 spiro atoms. The number of rotatable bonds is 9. The Hall–Kier alpha value is -4.04. The van der Waals surface area contributed by atoms with Gasteiger partial charge in [-0.15, -0.1) is 0 Å². The summed E-state index contributed by atoms with van der Waals surface area (Å²) in [6, 6.07) is 25.1. The molecule has 4 rings (SSSR count). The maximum absolute atomic E-state index is 13.2.